The Morgan fingerprint density at radius 3 is 2.21 bits per heavy atom. The number of nitrogens with zero attached hydrogens (tertiary/aromatic N) is 3. The predicted octanol–water partition coefficient (Wildman–Crippen LogP) is 1.03. The number of carbonyl (C=O) groups is 1. The van der Waals surface area contributed by atoms with Gasteiger partial charge in [0.2, 0.25) is 5.88 Å². The molecule has 3 rings (SSSR count). The number of carboxylic acid groups (broad SMARTS) is 1. The van der Waals surface area contributed by atoms with E-state index in [0.29, 0.717) is 0 Å². The van der Waals surface area contributed by atoms with Crippen LogP contribution in [0.15, 0.2) is 18.3 Å². The van der Waals surface area contributed by atoms with Gasteiger partial charge >= 0.3 is 18.3 Å². The van der Waals surface area contributed by atoms with Crippen LogP contribution in [-0.4, -0.2) is 98.2 Å². The van der Waals surface area contributed by atoms with Crippen LogP contribution in [0, 0.1) is 11.8 Å². The van der Waals surface area contributed by atoms with Gasteiger partial charge in [-0.2, -0.15) is 43.4 Å². The summed E-state index contributed by atoms with van der Waals surface area (Å²) in [7, 11) is -7.58. The number of hydrogen-bond acceptors (Lipinski definition) is 8. The highest BCUT2D eigenvalue weighted by molar-refractivity contribution is 7.91. The Morgan fingerprint density at radius 2 is 1.71 bits per heavy atom. The van der Waals surface area contributed by atoms with E-state index in [9.17, 15) is 43.2 Å². The van der Waals surface area contributed by atoms with E-state index in [1.54, 1.807) is 12.1 Å². The maximum absolute atomic E-state index is 13.5. The lowest BCUT2D eigenvalue weighted by molar-refractivity contribution is -0.192. The zero-order chi connectivity index (χ0) is 28.9. The topological polar surface area (TPSA) is 160 Å². The summed E-state index contributed by atoms with van der Waals surface area (Å²) in [4.78, 5) is 12.9. The Labute approximate surface area is 214 Å². The molecule has 0 saturated carbocycles. The first-order chi connectivity index (χ1) is 17.3. The molecule has 3 N–H and O–H groups in total. The number of halogens is 6. The Kier molecular flexibility index (Phi) is 10.4. The number of carboxylic acids is 1. The van der Waals surface area contributed by atoms with Gasteiger partial charge in [-0.05, 0) is 18.1 Å². The second-order valence-corrected chi connectivity index (χ2v) is 12.8. The van der Waals surface area contributed by atoms with Gasteiger partial charge in [0, 0.05) is 50.9 Å². The first-order valence-electron chi connectivity index (χ1n) is 11.0. The maximum Gasteiger partial charge on any atom is 0.490 e. The van der Waals surface area contributed by atoms with Crippen molar-refractivity contribution in [3.05, 3.63) is 23.9 Å². The quantitative estimate of drug-likeness (QED) is 0.455. The summed E-state index contributed by atoms with van der Waals surface area (Å²) in [6.45, 7) is -1.30. The average Bonchev–Trinajstić information content (AvgIpc) is 2.81. The van der Waals surface area contributed by atoms with Crippen LogP contribution in [0.3, 0.4) is 0 Å². The number of nitrogens with two attached hydrogens (primary N) is 1. The molecule has 0 spiro atoms. The third-order valence-corrected chi connectivity index (χ3v) is 9.24. The van der Waals surface area contributed by atoms with E-state index >= 15 is 0 Å². The molecular formula is C19H26F6N4O7S2. The first kappa shape index (κ1) is 32.0. The largest absolute Gasteiger partial charge is 0.490 e. The molecule has 1 aromatic rings. The van der Waals surface area contributed by atoms with Crippen LogP contribution in [0.4, 0.5) is 26.3 Å². The van der Waals surface area contributed by atoms with Crippen LogP contribution in [0.25, 0.3) is 0 Å². The van der Waals surface area contributed by atoms with Gasteiger partial charge < -0.3 is 15.6 Å². The summed E-state index contributed by atoms with van der Waals surface area (Å²) in [6.07, 6.45) is -8.46. The van der Waals surface area contributed by atoms with Crippen LogP contribution in [0.2, 0.25) is 0 Å². The first-order valence-corrected chi connectivity index (χ1v) is 14.2. The monoisotopic (exact) mass is 600 g/mol. The van der Waals surface area contributed by atoms with E-state index in [1.165, 1.54) is 6.20 Å². The molecule has 2 aliphatic rings. The van der Waals surface area contributed by atoms with Gasteiger partial charge in [0.25, 0.3) is 10.2 Å². The van der Waals surface area contributed by atoms with Crippen LogP contribution in [0.5, 0.6) is 5.88 Å². The van der Waals surface area contributed by atoms with Gasteiger partial charge in [0.05, 0.1) is 24.0 Å². The van der Waals surface area contributed by atoms with Gasteiger partial charge in [0.1, 0.15) is 0 Å². The fourth-order valence-corrected chi connectivity index (χ4v) is 6.83. The Balaban J connectivity index is 0.000000638. The lowest BCUT2D eigenvalue weighted by atomic mass is 9.90. The van der Waals surface area contributed by atoms with E-state index < -0.39 is 56.7 Å². The number of rotatable bonds is 6. The van der Waals surface area contributed by atoms with E-state index in [1.807, 2.05) is 0 Å². The Hall–Kier alpha value is -2.22. The molecule has 0 amide bonds. The van der Waals surface area contributed by atoms with Crippen LogP contribution < -0.4 is 10.5 Å². The maximum atomic E-state index is 13.5. The number of piperidine rings is 1. The summed E-state index contributed by atoms with van der Waals surface area (Å²) in [5.74, 6) is -5.81. The number of aromatic nitrogens is 1. The van der Waals surface area contributed by atoms with E-state index in [0.717, 1.165) is 14.2 Å². The molecule has 0 aliphatic carbocycles. The van der Waals surface area contributed by atoms with E-state index in [-0.39, 0.29) is 56.6 Å². The minimum Gasteiger partial charge on any atom is -0.477 e. The normalized spacial score (nSPS) is 23.2. The summed E-state index contributed by atoms with van der Waals surface area (Å²) >= 11 is 0. The lowest BCUT2D eigenvalue weighted by Gasteiger charge is -2.40. The molecule has 11 nitrogen and oxygen atoms in total. The molecule has 2 saturated heterocycles. The van der Waals surface area contributed by atoms with Crippen LogP contribution in [-0.2, 0) is 31.4 Å². The smallest absolute Gasteiger partial charge is 0.477 e. The minimum atomic E-state index is -5.08. The molecule has 19 heteroatoms. The molecule has 2 atom stereocenters. The molecule has 0 unspecified atom stereocenters. The molecule has 3 heterocycles. The third-order valence-electron chi connectivity index (χ3n) is 5.67. The van der Waals surface area contributed by atoms with Crippen molar-refractivity contribution in [3.63, 3.8) is 0 Å². The van der Waals surface area contributed by atoms with Crippen molar-refractivity contribution in [1.29, 1.82) is 0 Å². The molecule has 38 heavy (non-hydrogen) atoms. The third kappa shape index (κ3) is 9.21. The Morgan fingerprint density at radius 1 is 1.13 bits per heavy atom. The predicted molar refractivity (Wildman–Crippen MR) is 120 cm³/mol. The van der Waals surface area contributed by atoms with Gasteiger partial charge in [-0.1, -0.05) is 0 Å². The van der Waals surface area contributed by atoms with E-state index in [2.05, 4.69) is 4.98 Å². The fraction of sp³-hybridized carbons (Fsp3) is 0.684. The summed E-state index contributed by atoms with van der Waals surface area (Å²) in [5.41, 5.74) is 6.30. The summed E-state index contributed by atoms with van der Waals surface area (Å²) in [5, 5.41) is 7.12. The molecule has 0 bridgehead atoms. The van der Waals surface area contributed by atoms with Crippen molar-refractivity contribution in [2.75, 3.05) is 44.3 Å². The molecule has 0 radical (unpaired) electrons. The van der Waals surface area contributed by atoms with Crippen molar-refractivity contribution < 1.29 is 57.8 Å². The molecule has 2 aliphatic heterocycles. The van der Waals surface area contributed by atoms with Crippen molar-refractivity contribution in [1.82, 2.24) is 13.6 Å². The van der Waals surface area contributed by atoms with Crippen LogP contribution in [0.1, 0.15) is 12.0 Å². The van der Waals surface area contributed by atoms with Gasteiger partial charge in [0.15, 0.2) is 9.84 Å². The van der Waals surface area contributed by atoms with Crippen LogP contribution >= 0.6 is 0 Å². The molecular weight excluding hydrogens is 574 g/mol. The number of hydrogen-bond donors (Lipinski definition) is 2. The molecule has 0 aromatic carbocycles. The highest BCUT2D eigenvalue weighted by Gasteiger charge is 2.48. The number of sulfone groups is 1. The number of aliphatic carboxylic acids is 1. The van der Waals surface area contributed by atoms with Crippen molar-refractivity contribution in [2.45, 2.75) is 25.3 Å². The second-order valence-electron chi connectivity index (χ2n) is 8.54. The number of ether oxygens (including phenoxy) is 1. The fourth-order valence-electron chi connectivity index (χ4n) is 3.66. The molecule has 1 aromatic heterocycles. The minimum absolute atomic E-state index is 0.145. The van der Waals surface area contributed by atoms with Gasteiger partial charge in [-0.3, -0.25) is 0 Å². The summed E-state index contributed by atoms with van der Waals surface area (Å²) in [6, 6.07) is 3.26. The highest BCUT2D eigenvalue weighted by Crippen LogP contribution is 2.37. The SMILES string of the molecule is NCc1ccnc(OC[C@H]2C[C@H](C(F)(F)F)CN(S(=O)(=O)N3CCS(=O)(=O)CC3)C2)c1.O=C(O)C(F)(F)F. The zero-order valence-electron chi connectivity index (χ0n) is 19.7. The van der Waals surface area contributed by atoms with Crippen molar-refractivity contribution >= 4 is 26.0 Å². The summed E-state index contributed by atoms with van der Waals surface area (Å²) < 4.78 is 129. The number of alkyl halides is 6. The molecule has 2 fully saturated rings. The second kappa shape index (κ2) is 12.3. The Bertz CT molecular complexity index is 1160. The highest BCUT2D eigenvalue weighted by atomic mass is 32.2. The van der Waals surface area contributed by atoms with Gasteiger partial charge in [-0.15, -0.1) is 0 Å². The van der Waals surface area contributed by atoms with E-state index in [4.69, 9.17) is 20.4 Å². The van der Waals surface area contributed by atoms with Crippen molar-refractivity contribution in [3.8, 4) is 5.88 Å². The average molecular weight is 601 g/mol. The molecule has 218 valence electrons. The zero-order valence-corrected chi connectivity index (χ0v) is 21.3. The number of pyridine rings is 1. The van der Waals surface area contributed by atoms with Crippen molar-refractivity contribution in [2.24, 2.45) is 17.6 Å². The van der Waals surface area contributed by atoms with Gasteiger partial charge in [-0.25, -0.2) is 18.2 Å². The standard InChI is InChI=1S/C17H25F3N4O5S2.C2HF3O2/c18-17(19,20)15-7-14(12-29-16-8-13(9-21)1-2-22-16)10-24(11-15)31(27,28)23-3-5-30(25,26)6-4-23;3-2(4,5)1(6)7/h1-2,8,14-15H,3-7,9-12,21H2;(H,6,7)/t14-,15-;/m0./s1. The lowest BCUT2D eigenvalue weighted by Crippen LogP contribution is -2.55.